The highest BCUT2D eigenvalue weighted by atomic mass is 35.5. The monoisotopic (exact) mass is 271 g/mol. The van der Waals surface area contributed by atoms with Crippen LogP contribution < -0.4 is 10.2 Å². The van der Waals surface area contributed by atoms with E-state index in [0.717, 1.165) is 0 Å². The van der Waals surface area contributed by atoms with Gasteiger partial charge in [0.2, 0.25) is 0 Å². The van der Waals surface area contributed by atoms with Crippen molar-refractivity contribution < 1.29 is 9.90 Å². The number of carbonyl (C=O) groups is 1. The Hall–Kier alpha value is -1.33. The summed E-state index contributed by atoms with van der Waals surface area (Å²) >= 11 is 5.73. The van der Waals surface area contributed by atoms with Gasteiger partial charge in [-0.2, -0.15) is 0 Å². The van der Waals surface area contributed by atoms with Crippen molar-refractivity contribution in [2.75, 3.05) is 18.6 Å². The Morgan fingerprint density at radius 1 is 1.56 bits per heavy atom. The summed E-state index contributed by atoms with van der Waals surface area (Å²) in [5.74, 6) is 0.515. The molecular weight excluding hydrogens is 254 g/mol. The Balaban J connectivity index is 2.64. The van der Waals surface area contributed by atoms with E-state index in [1.807, 2.05) is 13.8 Å². The first-order valence-electron chi connectivity index (χ1n) is 5.72. The van der Waals surface area contributed by atoms with E-state index in [4.69, 9.17) is 16.7 Å². The smallest absolute Gasteiger partial charge is 0.323 e. The molecule has 1 heterocycles. The van der Waals surface area contributed by atoms with E-state index in [1.165, 1.54) is 11.1 Å². The molecule has 0 fully saturated rings. The molecule has 0 aliphatic heterocycles. The molecule has 0 aliphatic carbocycles. The van der Waals surface area contributed by atoms with E-state index in [1.54, 1.807) is 19.2 Å². The number of nitrogens with zero attached hydrogens (tertiary/aromatic N) is 2. The first-order chi connectivity index (χ1) is 8.45. The molecule has 0 saturated carbocycles. The molecule has 0 spiro atoms. The molecule has 1 aromatic rings. The molecule has 18 heavy (non-hydrogen) atoms. The van der Waals surface area contributed by atoms with E-state index in [-0.39, 0.29) is 24.6 Å². The van der Waals surface area contributed by atoms with Crippen molar-refractivity contribution in [1.29, 1.82) is 0 Å². The minimum atomic E-state index is -0.266. The van der Waals surface area contributed by atoms with Gasteiger partial charge in [0.25, 0.3) is 0 Å². The number of aromatic nitrogens is 1. The first kappa shape index (κ1) is 14.7. The van der Waals surface area contributed by atoms with Crippen LogP contribution in [0.3, 0.4) is 0 Å². The van der Waals surface area contributed by atoms with Crippen LogP contribution in [0, 0.1) is 5.92 Å². The van der Waals surface area contributed by atoms with Crippen molar-refractivity contribution in [3.8, 4) is 0 Å². The van der Waals surface area contributed by atoms with Gasteiger partial charge in [-0.25, -0.2) is 9.78 Å². The zero-order valence-electron chi connectivity index (χ0n) is 10.7. The van der Waals surface area contributed by atoms with Gasteiger partial charge in [-0.1, -0.05) is 18.5 Å². The van der Waals surface area contributed by atoms with Crippen LogP contribution in [0.15, 0.2) is 18.3 Å². The van der Waals surface area contributed by atoms with Crippen molar-refractivity contribution in [3.63, 3.8) is 0 Å². The molecule has 0 radical (unpaired) electrons. The van der Waals surface area contributed by atoms with Crippen molar-refractivity contribution in [1.82, 2.24) is 10.3 Å². The number of aliphatic hydroxyl groups excluding tert-OH is 1. The Labute approximate surface area is 112 Å². The number of halogens is 1. The van der Waals surface area contributed by atoms with E-state index < -0.39 is 0 Å². The van der Waals surface area contributed by atoms with Gasteiger partial charge in [0.1, 0.15) is 5.82 Å². The summed E-state index contributed by atoms with van der Waals surface area (Å²) in [5, 5.41) is 12.3. The van der Waals surface area contributed by atoms with Crippen LogP contribution in [-0.4, -0.2) is 35.8 Å². The maximum absolute atomic E-state index is 11.9. The molecule has 0 aliphatic rings. The molecule has 2 amide bonds. The van der Waals surface area contributed by atoms with Gasteiger partial charge < -0.3 is 10.4 Å². The molecule has 100 valence electrons. The van der Waals surface area contributed by atoms with Crippen molar-refractivity contribution in [2.45, 2.75) is 19.9 Å². The Morgan fingerprint density at radius 2 is 2.22 bits per heavy atom. The predicted molar refractivity (Wildman–Crippen MR) is 71.9 cm³/mol. The molecule has 0 saturated heterocycles. The largest absolute Gasteiger partial charge is 0.396 e. The molecule has 1 aromatic heterocycles. The molecule has 6 heteroatoms. The van der Waals surface area contributed by atoms with Gasteiger partial charge in [-0.15, -0.1) is 0 Å². The minimum absolute atomic E-state index is 0.000488. The SMILES string of the molecule is C[C@@H](CO)[C@@H](C)NC(=O)N(C)c1ccc(Cl)cn1. The van der Waals surface area contributed by atoms with Crippen molar-refractivity contribution in [2.24, 2.45) is 5.92 Å². The van der Waals surface area contributed by atoms with Gasteiger partial charge in [0.05, 0.1) is 5.02 Å². The number of hydrogen-bond donors (Lipinski definition) is 2. The van der Waals surface area contributed by atoms with E-state index in [9.17, 15) is 4.79 Å². The second-order valence-corrected chi connectivity index (χ2v) is 4.73. The molecule has 2 atom stereocenters. The number of hydrogen-bond acceptors (Lipinski definition) is 3. The number of carbonyl (C=O) groups excluding carboxylic acids is 1. The number of anilines is 1. The second kappa shape index (κ2) is 6.56. The Bertz CT molecular complexity index is 397. The number of aliphatic hydroxyl groups is 1. The number of rotatable bonds is 4. The van der Waals surface area contributed by atoms with Crippen LogP contribution in [0.25, 0.3) is 0 Å². The lowest BCUT2D eigenvalue weighted by Crippen LogP contribution is -2.45. The number of pyridine rings is 1. The van der Waals surface area contributed by atoms with Crippen LogP contribution in [0.2, 0.25) is 5.02 Å². The van der Waals surface area contributed by atoms with Crippen LogP contribution in [-0.2, 0) is 0 Å². The quantitative estimate of drug-likeness (QED) is 0.879. The summed E-state index contributed by atoms with van der Waals surface area (Å²) in [6.07, 6.45) is 1.49. The lowest BCUT2D eigenvalue weighted by atomic mass is 10.1. The molecule has 0 unspecified atom stereocenters. The molecule has 0 aromatic carbocycles. The van der Waals surface area contributed by atoms with Crippen molar-refractivity contribution >= 4 is 23.4 Å². The van der Waals surface area contributed by atoms with Gasteiger partial charge in [0, 0.05) is 25.9 Å². The van der Waals surface area contributed by atoms with Gasteiger partial charge in [-0.3, -0.25) is 4.90 Å². The molecule has 0 bridgehead atoms. The molecular formula is C12H18ClN3O2. The zero-order valence-corrected chi connectivity index (χ0v) is 11.5. The average molecular weight is 272 g/mol. The van der Waals surface area contributed by atoms with Crippen LogP contribution >= 0.6 is 11.6 Å². The fraction of sp³-hybridized carbons (Fsp3) is 0.500. The first-order valence-corrected chi connectivity index (χ1v) is 6.10. The minimum Gasteiger partial charge on any atom is -0.396 e. The Kier molecular flexibility index (Phi) is 5.37. The lowest BCUT2D eigenvalue weighted by molar-refractivity contribution is 0.203. The molecule has 2 N–H and O–H groups in total. The Morgan fingerprint density at radius 3 is 2.72 bits per heavy atom. The van der Waals surface area contributed by atoms with Crippen LogP contribution in [0.4, 0.5) is 10.6 Å². The predicted octanol–water partition coefficient (Wildman–Crippen LogP) is 1.90. The topological polar surface area (TPSA) is 65.5 Å². The summed E-state index contributed by atoms with van der Waals surface area (Å²) in [6.45, 7) is 3.75. The highest BCUT2D eigenvalue weighted by molar-refractivity contribution is 6.30. The maximum Gasteiger partial charge on any atom is 0.323 e. The molecule has 5 nitrogen and oxygen atoms in total. The second-order valence-electron chi connectivity index (χ2n) is 4.29. The van der Waals surface area contributed by atoms with Gasteiger partial charge in [0.15, 0.2) is 0 Å². The summed E-state index contributed by atoms with van der Waals surface area (Å²) in [5.41, 5.74) is 0. The lowest BCUT2D eigenvalue weighted by Gasteiger charge is -2.23. The third-order valence-electron chi connectivity index (χ3n) is 2.85. The number of amides is 2. The van der Waals surface area contributed by atoms with E-state index in [2.05, 4.69) is 10.3 Å². The molecule has 1 rings (SSSR count). The average Bonchev–Trinajstić information content (AvgIpc) is 2.37. The third-order valence-corrected chi connectivity index (χ3v) is 3.08. The van der Waals surface area contributed by atoms with Crippen molar-refractivity contribution in [3.05, 3.63) is 23.4 Å². The van der Waals surface area contributed by atoms with Gasteiger partial charge in [-0.05, 0) is 25.0 Å². The van der Waals surface area contributed by atoms with E-state index in [0.29, 0.717) is 10.8 Å². The van der Waals surface area contributed by atoms with Gasteiger partial charge >= 0.3 is 6.03 Å². The summed E-state index contributed by atoms with van der Waals surface area (Å²) < 4.78 is 0. The normalized spacial score (nSPS) is 13.8. The van der Waals surface area contributed by atoms with E-state index >= 15 is 0 Å². The summed E-state index contributed by atoms with van der Waals surface area (Å²) in [4.78, 5) is 17.4. The summed E-state index contributed by atoms with van der Waals surface area (Å²) in [7, 11) is 1.63. The fourth-order valence-corrected chi connectivity index (χ4v) is 1.37. The van der Waals surface area contributed by atoms with Crippen LogP contribution in [0.1, 0.15) is 13.8 Å². The highest BCUT2D eigenvalue weighted by Crippen LogP contribution is 2.13. The fourth-order valence-electron chi connectivity index (χ4n) is 1.26. The highest BCUT2D eigenvalue weighted by Gasteiger charge is 2.17. The third kappa shape index (κ3) is 3.85. The zero-order chi connectivity index (χ0) is 13.7. The summed E-state index contributed by atoms with van der Waals surface area (Å²) in [6, 6.07) is 2.96. The standard InChI is InChI=1S/C12H18ClN3O2/c1-8(7-17)9(2)15-12(18)16(3)11-5-4-10(13)6-14-11/h4-6,8-9,17H,7H2,1-3H3,(H,15,18)/t8-,9+/m0/s1. The maximum atomic E-state index is 11.9. The van der Waals surface area contributed by atoms with Crippen LogP contribution in [0.5, 0.6) is 0 Å². The number of urea groups is 1. The number of nitrogens with one attached hydrogen (secondary N) is 1.